The van der Waals surface area contributed by atoms with E-state index in [4.69, 9.17) is 11.5 Å². The number of unbranched alkanes of at least 4 members (excludes halogenated alkanes) is 1. The minimum absolute atomic E-state index is 0.00633. The molecule has 0 aromatic carbocycles. The number of nitrogens with two attached hydrogens (primary N) is 2. The Kier molecular flexibility index (Phi) is 5.48. The molecular weight excluding hydrogens is 340 g/mol. The molecule has 0 unspecified atom stereocenters. The topological polar surface area (TPSA) is 101 Å². The van der Waals surface area contributed by atoms with Crippen molar-refractivity contribution in [3.05, 3.63) is 0 Å². The number of carbonyl (C=O) groups excluding carboxylic acids is 2. The highest BCUT2D eigenvalue weighted by atomic mass is 16.2. The van der Waals surface area contributed by atoms with E-state index >= 15 is 0 Å². The maximum Gasteiger partial charge on any atom is 0.243 e. The number of amides is 2. The predicted molar refractivity (Wildman–Crippen MR) is 105 cm³/mol. The van der Waals surface area contributed by atoms with Gasteiger partial charge in [-0.3, -0.25) is 9.59 Å². The summed E-state index contributed by atoms with van der Waals surface area (Å²) >= 11 is 0. The predicted octanol–water partition coefficient (Wildman–Crippen LogP) is 1.52. The van der Waals surface area contributed by atoms with E-state index in [1.807, 2.05) is 0 Å². The molecule has 1 saturated heterocycles. The summed E-state index contributed by atoms with van der Waals surface area (Å²) in [4.78, 5) is 27.7. The van der Waals surface area contributed by atoms with E-state index in [1.54, 1.807) is 4.90 Å². The lowest BCUT2D eigenvalue weighted by molar-refractivity contribution is -0.141. The molecule has 0 aromatic rings. The summed E-state index contributed by atoms with van der Waals surface area (Å²) < 4.78 is 0. The van der Waals surface area contributed by atoms with E-state index in [1.165, 1.54) is 19.3 Å². The minimum Gasteiger partial charge on any atom is -0.349 e. The van der Waals surface area contributed by atoms with Crippen LogP contribution in [-0.4, -0.2) is 47.4 Å². The highest BCUT2D eigenvalue weighted by molar-refractivity contribution is 5.90. The molecule has 152 valence electrons. The fourth-order valence-electron chi connectivity index (χ4n) is 6.76. The van der Waals surface area contributed by atoms with Crippen LogP contribution >= 0.6 is 0 Å². The van der Waals surface area contributed by atoms with Crippen molar-refractivity contribution in [1.82, 2.24) is 10.2 Å². The van der Waals surface area contributed by atoms with Crippen LogP contribution in [0.15, 0.2) is 0 Å². The van der Waals surface area contributed by atoms with Gasteiger partial charge in [-0.1, -0.05) is 6.42 Å². The Morgan fingerprint density at radius 1 is 1.07 bits per heavy atom. The summed E-state index contributed by atoms with van der Waals surface area (Å²) in [5.41, 5.74) is 11.7. The first-order valence-corrected chi connectivity index (χ1v) is 11.1. The van der Waals surface area contributed by atoms with Crippen molar-refractivity contribution < 1.29 is 9.59 Å². The monoisotopic (exact) mass is 376 g/mol. The van der Waals surface area contributed by atoms with Gasteiger partial charge in [-0.25, -0.2) is 0 Å². The van der Waals surface area contributed by atoms with Crippen molar-refractivity contribution in [3.63, 3.8) is 0 Å². The highest BCUT2D eigenvalue weighted by Gasteiger charge is 2.52. The largest absolute Gasteiger partial charge is 0.349 e. The Labute approximate surface area is 162 Å². The summed E-state index contributed by atoms with van der Waals surface area (Å²) in [7, 11) is 0. The van der Waals surface area contributed by atoms with Gasteiger partial charge in [-0.05, 0) is 88.5 Å². The van der Waals surface area contributed by atoms with Gasteiger partial charge in [-0.15, -0.1) is 0 Å². The number of nitrogens with zero attached hydrogens (tertiary/aromatic N) is 1. The molecule has 0 spiro atoms. The van der Waals surface area contributed by atoms with Crippen molar-refractivity contribution in [3.8, 4) is 0 Å². The molecule has 6 heteroatoms. The number of carbonyl (C=O) groups is 2. The normalized spacial score (nSPS) is 38.2. The summed E-state index contributed by atoms with van der Waals surface area (Å²) in [5.74, 6) is 2.41. The van der Waals surface area contributed by atoms with Crippen LogP contribution in [0.1, 0.15) is 70.6 Å². The molecule has 1 heterocycles. The molecule has 4 saturated carbocycles. The number of rotatable bonds is 7. The lowest BCUT2D eigenvalue weighted by atomic mass is 9.53. The van der Waals surface area contributed by atoms with Crippen molar-refractivity contribution in [2.45, 2.75) is 88.3 Å². The molecule has 6 nitrogen and oxygen atoms in total. The summed E-state index contributed by atoms with van der Waals surface area (Å²) in [6.07, 6.45) is 11.6. The Bertz CT molecular complexity index is 543. The fraction of sp³-hybridized carbons (Fsp3) is 0.905. The van der Waals surface area contributed by atoms with Crippen LogP contribution < -0.4 is 16.8 Å². The fourth-order valence-corrected chi connectivity index (χ4v) is 6.76. The van der Waals surface area contributed by atoms with Crippen LogP contribution in [0.25, 0.3) is 0 Å². The third-order valence-electron chi connectivity index (χ3n) is 7.55. The molecule has 4 bridgehead atoms. The molecule has 0 radical (unpaired) electrons. The number of hydrogen-bond donors (Lipinski definition) is 3. The Morgan fingerprint density at radius 3 is 2.30 bits per heavy atom. The van der Waals surface area contributed by atoms with Crippen LogP contribution in [-0.2, 0) is 9.59 Å². The zero-order valence-corrected chi connectivity index (χ0v) is 16.5. The molecule has 0 aromatic heterocycles. The number of hydrogen-bond acceptors (Lipinski definition) is 4. The van der Waals surface area contributed by atoms with Gasteiger partial charge in [0, 0.05) is 12.1 Å². The van der Waals surface area contributed by atoms with Gasteiger partial charge >= 0.3 is 0 Å². The van der Waals surface area contributed by atoms with Crippen LogP contribution in [0.5, 0.6) is 0 Å². The van der Waals surface area contributed by atoms with Crippen LogP contribution in [0.2, 0.25) is 0 Å². The van der Waals surface area contributed by atoms with E-state index in [-0.39, 0.29) is 23.4 Å². The van der Waals surface area contributed by atoms with Gasteiger partial charge in [0.05, 0.1) is 6.04 Å². The first kappa shape index (κ1) is 19.2. The Morgan fingerprint density at radius 2 is 1.70 bits per heavy atom. The van der Waals surface area contributed by atoms with Gasteiger partial charge in [0.1, 0.15) is 6.04 Å². The van der Waals surface area contributed by atoms with E-state index in [9.17, 15) is 9.59 Å². The third kappa shape index (κ3) is 3.88. The first-order chi connectivity index (χ1) is 13.0. The van der Waals surface area contributed by atoms with Crippen LogP contribution in [0.3, 0.4) is 0 Å². The smallest absolute Gasteiger partial charge is 0.243 e. The van der Waals surface area contributed by atoms with Crippen molar-refractivity contribution in [2.75, 3.05) is 13.1 Å². The summed E-state index contributed by atoms with van der Waals surface area (Å²) in [6, 6.07) is -0.837. The number of likely N-dealkylation sites (tertiary alicyclic amines) is 1. The zero-order valence-electron chi connectivity index (χ0n) is 16.5. The lowest BCUT2D eigenvalue weighted by Gasteiger charge is -2.57. The van der Waals surface area contributed by atoms with Gasteiger partial charge < -0.3 is 21.7 Å². The maximum atomic E-state index is 13.2. The SMILES string of the molecule is NCCCC[C@H](N)C(=O)N1CCC[C@@H]1C(=O)NC12CC3CC(CC(C3)C1)C2. The standard InChI is InChI=1S/C21H36N4O2/c22-6-2-1-4-17(23)20(27)25-7-3-5-18(25)19(26)24-21-11-14-8-15(12-21)10-16(9-14)13-21/h14-18H,1-13,22-23H2,(H,24,26)/t14?,15?,16?,17-,18+,21?/m0/s1. The quantitative estimate of drug-likeness (QED) is 0.586. The third-order valence-corrected chi connectivity index (χ3v) is 7.55. The van der Waals surface area contributed by atoms with E-state index < -0.39 is 6.04 Å². The second-order valence-electron chi connectivity index (χ2n) is 9.77. The second-order valence-corrected chi connectivity index (χ2v) is 9.77. The molecular formula is C21H36N4O2. The molecule has 27 heavy (non-hydrogen) atoms. The average molecular weight is 377 g/mol. The molecule has 5 aliphatic rings. The molecule has 5 fully saturated rings. The molecule has 5 N–H and O–H groups in total. The molecule has 5 rings (SSSR count). The van der Waals surface area contributed by atoms with Crippen molar-refractivity contribution in [1.29, 1.82) is 0 Å². The molecule has 2 atom stereocenters. The first-order valence-electron chi connectivity index (χ1n) is 11.1. The molecule has 1 aliphatic heterocycles. The van der Waals surface area contributed by atoms with E-state index in [0.717, 1.165) is 62.7 Å². The summed E-state index contributed by atoms with van der Waals surface area (Å²) in [5, 5.41) is 3.45. The highest BCUT2D eigenvalue weighted by Crippen LogP contribution is 2.55. The van der Waals surface area contributed by atoms with E-state index in [2.05, 4.69) is 5.32 Å². The van der Waals surface area contributed by atoms with Gasteiger partial charge in [0.2, 0.25) is 11.8 Å². The van der Waals surface area contributed by atoms with Gasteiger partial charge in [0.25, 0.3) is 0 Å². The molecule has 2 amide bonds. The summed E-state index contributed by atoms with van der Waals surface area (Å²) in [6.45, 7) is 1.28. The zero-order chi connectivity index (χ0) is 19.0. The Hall–Kier alpha value is -1.14. The second kappa shape index (κ2) is 7.70. The Balaban J connectivity index is 1.37. The average Bonchev–Trinajstić information content (AvgIpc) is 3.09. The van der Waals surface area contributed by atoms with Gasteiger partial charge in [0.15, 0.2) is 0 Å². The molecule has 4 aliphatic carbocycles. The van der Waals surface area contributed by atoms with Crippen LogP contribution in [0, 0.1) is 17.8 Å². The van der Waals surface area contributed by atoms with Gasteiger partial charge in [-0.2, -0.15) is 0 Å². The lowest BCUT2D eigenvalue weighted by Crippen LogP contribution is -2.62. The number of nitrogens with one attached hydrogen (secondary N) is 1. The van der Waals surface area contributed by atoms with E-state index in [0.29, 0.717) is 19.5 Å². The maximum absolute atomic E-state index is 13.2. The van der Waals surface area contributed by atoms with Crippen molar-refractivity contribution >= 4 is 11.8 Å². The minimum atomic E-state index is -0.510. The van der Waals surface area contributed by atoms with Crippen molar-refractivity contribution in [2.24, 2.45) is 29.2 Å². The van der Waals surface area contributed by atoms with Crippen LogP contribution in [0.4, 0.5) is 0 Å².